The fourth-order valence-corrected chi connectivity index (χ4v) is 1.84. The molecule has 0 bridgehead atoms. The lowest BCUT2D eigenvalue weighted by Crippen LogP contribution is -2.28. The first-order chi connectivity index (χ1) is 9.50. The Morgan fingerprint density at radius 2 is 1.85 bits per heavy atom. The molecule has 0 spiro atoms. The Labute approximate surface area is 116 Å². The smallest absolute Gasteiger partial charge is 0.337 e. The number of hydrogen-bond acceptors (Lipinski definition) is 3. The molecule has 0 unspecified atom stereocenters. The number of aromatic carboxylic acids is 1. The molecule has 2 aromatic rings. The molecule has 0 aliphatic carbocycles. The largest absolute Gasteiger partial charge is 0.478 e. The molecular formula is C15H14N2O3. The number of rotatable bonds is 3. The minimum atomic E-state index is -1.07. The van der Waals surface area contributed by atoms with Gasteiger partial charge in [0.1, 0.15) is 0 Å². The predicted octanol–water partition coefficient (Wildman–Crippen LogP) is 2.36. The third kappa shape index (κ3) is 2.66. The van der Waals surface area contributed by atoms with E-state index < -0.39 is 5.97 Å². The summed E-state index contributed by atoms with van der Waals surface area (Å²) in [4.78, 5) is 28.9. The summed E-state index contributed by atoms with van der Waals surface area (Å²) in [6.07, 6.45) is 1.48. The van der Waals surface area contributed by atoms with E-state index in [4.69, 9.17) is 5.11 Å². The fourth-order valence-electron chi connectivity index (χ4n) is 1.84. The van der Waals surface area contributed by atoms with E-state index in [9.17, 15) is 9.59 Å². The zero-order valence-electron chi connectivity index (χ0n) is 11.2. The molecule has 0 fully saturated rings. The molecule has 2 rings (SSSR count). The number of anilines is 1. The molecule has 0 atom stereocenters. The minimum absolute atomic E-state index is 0.0865. The van der Waals surface area contributed by atoms with Gasteiger partial charge in [0, 0.05) is 18.9 Å². The van der Waals surface area contributed by atoms with E-state index in [2.05, 4.69) is 4.98 Å². The van der Waals surface area contributed by atoms with Crippen molar-refractivity contribution in [1.29, 1.82) is 0 Å². The first-order valence-electron chi connectivity index (χ1n) is 6.03. The van der Waals surface area contributed by atoms with Crippen LogP contribution in [0.5, 0.6) is 0 Å². The van der Waals surface area contributed by atoms with Crippen LogP contribution in [0.25, 0.3) is 0 Å². The van der Waals surface area contributed by atoms with Gasteiger partial charge in [0.05, 0.1) is 16.8 Å². The maximum absolute atomic E-state index is 12.3. The van der Waals surface area contributed by atoms with Gasteiger partial charge in [-0.3, -0.25) is 9.78 Å². The van der Waals surface area contributed by atoms with Gasteiger partial charge < -0.3 is 10.0 Å². The molecule has 0 saturated carbocycles. The van der Waals surface area contributed by atoms with Crippen LogP contribution in [-0.2, 0) is 0 Å². The van der Waals surface area contributed by atoms with Gasteiger partial charge in [-0.15, -0.1) is 0 Å². The van der Waals surface area contributed by atoms with Crippen LogP contribution in [0.4, 0.5) is 5.69 Å². The number of carbonyl (C=O) groups excluding carboxylic acids is 1. The first kappa shape index (κ1) is 13.7. The second-order valence-electron chi connectivity index (χ2n) is 4.37. The summed E-state index contributed by atoms with van der Waals surface area (Å²) in [6.45, 7) is 1.83. The van der Waals surface area contributed by atoms with Gasteiger partial charge in [-0.25, -0.2) is 4.79 Å². The predicted molar refractivity (Wildman–Crippen MR) is 75.1 cm³/mol. The van der Waals surface area contributed by atoms with Gasteiger partial charge in [0.25, 0.3) is 5.91 Å². The number of hydrogen-bond donors (Lipinski definition) is 1. The highest BCUT2D eigenvalue weighted by Crippen LogP contribution is 2.21. The van der Waals surface area contributed by atoms with Crippen molar-refractivity contribution >= 4 is 17.6 Å². The molecule has 1 aromatic heterocycles. The van der Waals surface area contributed by atoms with Crippen LogP contribution < -0.4 is 4.90 Å². The highest BCUT2D eigenvalue weighted by molar-refractivity contribution is 6.08. The highest BCUT2D eigenvalue weighted by atomic mass is 16.4. The maximum atomic E-state index is 12.3. The molecule has 0 saturated heterocycles. The van der Waals surface area contributed by atoms with E-state index in [-0.39, 0.29) is 11.5 Å². The van der Waals surface area contributed by atoms with Crippen molar-refractivity contribution < 1.29 is 14.7 Å². The van der Waals surface area contributed by atoms with E-state index in [1.807, 2.05) is 6.92 Å². The Kier molecular flexibility index (Phi) is 3.79. The molecule has 20 heavy (non-hydrogen) atoms. The van der Waals surface area contributed by atoms with Gasteiger partial charge >= 0.3 is 5.97 Å². The monoisotopic (exact) mass is 270 g/mol. The lowest BCUT2D eigenvalue weighted by atomic mass is 10.1. The maximum Gasteiger partial charge on any atom is 0.337 e. The summed E-state index contributed by atoms with van der Waals surface area (Å²) in [6, 6.07) is 9.80. The van der Waals surface area contributed by atoms with Crippen molar-refractivity contribution in [3.8, 4) is 0 Å². The summed E-state index contributed by atoms with van der Waals surface area (Å²) in [5.74, 6) is -1.37. The van der Waals surface area contributed by atoms with Crippen molar-refractivity contribution in [3.05, 3.63) is 59.4 Å². The number of carboxylic acid groups (broad SMARTS) is 1. The van der Waals surface area contributed by atoms with Crippen molar-refractivity contribution in [1.82, 2.24) is 4.98 Å². The summed E-state index contributed by atoms with van der Waals surface area (Å²) in [7, 11) is 1.55. The number of amides is 1. The van der Waals surface area contributed by atoms with Crippen molar-refractivity contribution in [2.75, 3.05) is 11.9 Å². The van der Waals surface area contributed by atoms with Crippen LogP contribution in [0, 0.1) is 6.92 Å². The van der Waals surface area contributed by atoms with Crippen LogP contribution in [0.15, 0.2) is 42.6 Å². The number of aromatic nitrogens is 1. The number of carboxylic acids is 1. The summed E-state index contributed by atoms with van der Waals surface area (Å²) in [5, 5.41) is 9.15. The molecule has 102 valence electrons. The third-order valence-corrected chi connectivity index (χ3v) is 2.96. The molecule has 5 nitrogen and oxygen atoms in total. The van der Waals surface area contributed by atoms with Gasteiger partial charge in [-0.1, -0.05) is 12.1 Å². The molecule has 1 N–H and O–H groups in total. The quantitative estimate of drug-likeness (QED) is 0.929. The molecule has 1 heterocycles. The molecule has 1 amide bonds. The van der Waals surface area contributed by atoms with Crippen molar-refractivity contribution in [3.63, 3.8) is 0 Å². The SMILES string of the molecule is Cc1ccc(C(=O)N(C)c2ccccc2C(=O)O)cn1. The lowest BCUT2D eigenvalue weighted by Gasteiger charge is -2.19. The molecular weight excluding hydrogens is 256 g/mol. The molecule has 0 aliphatic rings. The summed E-state index contributed by atoms with van der Waals surface area (Å²) < 4.78 is 0. The standard InChI is InChI=1S/C15H14N2O3/c1-10-7-8-11(9-16-10)14(18)17(2)13-6-4-3-5-12(13)15(19)20/h3-9H,1-2H3,(H,19,20). The number of aryl methyl sites for hydroxylation is 1. The number of benzene rings is 1. The van der Waals surface area contributed by atoms with Gasteiger partial charge in [-0.2, -0.15) is 0 Å². The second kappa shape index (κ2) is 5.52. The summed E-state index contributed by atoms with van der Waals surface area (Å²) in [5.41, 5.74) is 1.67. The highest BCUT2D eigenvalue weighted by Gasteiger charge is 2.19. The normalized spacial score (nSPS) is 10.1. The van der Waals surface area contributed by atoms with Crippen LogP contribution in [0.2, 0.25) is 0 Å². The van der Waals surface area contributed by atoms with E-state index in [1.54, 1.807) is 37.4 Å². The van der Waals surface area contributed by atoms with Crippen molar-refractivity contribution in [2.24, 2.45) is 0 Å². The zero-order chi connectivity index (χ0) is 14.7. The summed E-state index contributed by atoms with van der Waals surface area (Å²) >= 11 is 0. The van der Waals surface area contributed by atoms with Gasteiger partial charge in [0.15, 0.2) is 0 Å². The first-order valence-corrected chi connectivity index (χ1v) is 6.03. The molecule has 1 aromatic carbocycles. The van der Waals surface area contributed by atoms with E-state index in [0.717, 1.165) is 5.69 Å². The number of nitrogens with zero attached hydrogens (tertiary/aromatic N) is 2. The molecule has 5 heteroatoms. The Balaban J connectivity index is 2.36. The average molecular weight is 270 g/mol. The third-order valence-electron chi connectivity index (χ3n) is 2.96. The van der Waals surface area contributed by atoms with Crippen LogP contribution in [0.3, 0.4) is 0 Å². The number of carbonyl (C=O) groups is 2. The van der Waals surface area contributed by atoms with E-state index >= 15 is 0 Å². The Morgan fingerprint density at radius 3 is 2.45 bits per heavy atom. The molecule has 0 radical (unpaired) electrons. The van der Waals surface area contributed by atoms with E-state index in [1.165, 1.54) is 17.2 Å². The molecule has 0 aliphatic heterocycles. The second-order valence-corrected chi connectivity index (χ2v) is 4.37. The van der Waals surface area contributed by atoms with Crippen LogP contribution >= 0.6 is 0 Å². The van der Waals surface area contributed by atoms with Crippen molar-refractivity contribution in [2.45, 2.75) is 6.92 Å². The van der Waals surface area contributed by atoms with E-state index in [0.29, 0.717) is 11.3 Å². The van der Waals surface area contributed by atoms with Gasteiger partial charge in [0.2, 0.25) is 0 Å². The topological polar surface area (TPSA) is 70.5 Å². The van der Waals surface area contributed by atoms with Crippen LogP contribution in [-0.4, -0.2) is 29.0 Å². The lowest BCUT2D eigenvalue weighted by molar-refractivity contribution is 0.0697. The fraction of sp³-hybridized carbons (Fsp3) is 0.133. The number of para-hydroxylation sites is 1. The van der Waals surface area contributed by atoms with Crippen LogP contribution in [0.1, 0.15) is 26.4 Å². The Morgan fingerprint density at radius 1 is 1.15 bits per heavy atom. The number of pyridine rings is 1. The Bertz CT molecular complexity index is 650. The average Bonchev–Trinajstić information content (AvgIpc) is 2.46. The Hall–Kier alpha value is -2.69. The zero-order valence-corrected chi connectivity index (χ0v) is 11.2. The van der Waals surface area contributed by atoms with Gasteiger partial charge in [-0.05, 0) is 31.2 Å². The minimum Gasteiger partial charge on any atom is -0.478 e.